The number of nitrogens with one attached hydrogen (secondary N) is 1. The lowest BCUT2D eigenvalue weighted by Crippen LogP contribution is -2.32. The van der Waals surface area contributed by atoms with Gasteiger partial charge in [0.2, 0.25) is 0 Å². The molecular weight excluding hydrogens is 281 g/mol. The van der Waals surface area contributed by atoms with E-state index in [1.165, 1.54) is 18.9 Å². The topological polar surface area (TPSA) is 12.0 Å². The molecule has 0 saturated heterocycles. The lowest BCUT2D eigenvalue weighted by atomic mass is 9.98. The molecular formula is C14H19BrFN. The van der Waals surface area contributed by atoms with Crippen molar-refractivity contribution in [1.82, 2.24) is 5.32 Å². The fourth-order valence-electron chi connectivity index (χ4n) is 2.58. The Morgan fingerprint density at radius 3 is 2.76 bits per heavy atom. The fourth-order valence-corrected chi connectivity index (χ4v) is 2.98. The highest BCUT2D eigenvalue weighted by Crippen LogP contribution is 2.31. The predicted molar refractivity (Wildman–Crippen MR) is 72.3 cm³/mol. The standard InChI is InChI=1S/C14H19BrFN/c1-9-6-7-13(10(9)2)17-8-11-4-3-5-12(16)14(11)15/h3-5,9-10,13,17H,6-8H2,1-2H3. The Hall–Kier alpha value is -0.410. The Morgan fingerprint density at radius 2 is 2.12 bits per heavy atom. The molecule has 1 nitrogen and oxygen atoms in total. The van der Waals surface area contributed by atoms with E-state index in [2.05, 4.69) is 35.1 Å². The highest BCUT2D eigenvalue weighted by atomic mass is 79.9. The summed E-state index contributed by atoms with van der Waals surface area (Å²) >= 11 is 3.30. The maximum Gasteiger partial charge on any atom is 0.137 e. The summed E-state index contributed by atoms with van der Waals surface area (Å²) in [7, 11) is 0. The Morgan fingerprint density at radius 1 is 1.35 bits per heavy atom. The van der Waals surface area contributed by atoms with Crippen LogP contribution in [0.15, 0.2) is 22.7 Å². The number of rotatable bonds is 3. The van der Waals surface area contributed by atoms with Gasteiger partial charge in [-0.1, -0.05) is 26.0 Å². The first-order chi connectivity index (χ1) is 8.09. The monoisotopic (exact) mass is 299 g/mol. The van der Waals surface area contributed by atoms with Gasteiger partial charge in [0, 0.05) is 12.6 Å². The zero-order chi connectivity index (χ0) is 12.4. The number of halogens is 2. The van der Waals surface area contributed by atoms with E-state index >= 15 is 0 Å². The highest BCUT2D eigenvalue weighted by molar-refractivity contribution is 9.10. The Labute approximate surface area is 111 Å². The molecule has 0 aromatic heterocycles. The molecule has 0 aliphatic heterocycles. The smallest absolute Gasteiger partial charge is 0.137 e. The van der Waals surface area contributed by atoms with Crippen LogP contribution in [0.2, 0.25) is 0 Å². The van der Waals surface area contributed by atoms with E-state index in [1.807, 2.05) is 6.07 Å². The van der Waals surface area contributed by atoms with Gasteiger partial charge in [0.1, 0.15) is 5.82 Å². The Bertz CT molecular complexity index is 394. The molecule has 0 amide bonds. The van der Waals surface area contributed by atoms with Crippen molar-refractivity contribution in [3.05, 3.63) is 34.1 Å². The maximum atomic E-state index is 13.3. The normalized spacial score (nSPS) is 28.6. The van der Waals surface area contributed by atoms with Gasteiger partial charge >= 0.3 is 0 Å². The van der Waals surface area contributed by atoms with E-state index in [9.17, 15) is 4.39 Å². The third-order valence-corrected chi connectivity index (χ3v) is 4.94. The van der Waals surface area contributed by atoms with Crippen molar-refractivity contribution in [2.45, 2.75) is 39.3 Å². The summed E-state index contributed by atoms with van der Waals surface area (Å²) in [5, 5.41) is 3.55. The number of hydrogen-bond acceptors (Lipinski definition) is 1. The van der Waals surface area contributed by atoms with Gasteiger partial charge in [-0.2, -0.15) is 0 Å². The van der Waals surface area contributed by atoms with E-state index in [0.717, 1.165) is 18.0 Å². The summed E-state index contributed by atoms with van der Waals surface area (Å²) < 4.78 is 13.9. The van der Waals surface area contributed by atoms with Crippen LogP contribution in [0.1, 0.15) is 32.3 Å². The molecule has 3 heteroatoms. The van der Waals surface area contributed by atoms with Crippen molar-refractivity contribution < 1.29 is 4.39 Å². The molecule has 3 unspecified atom stereocenters. The van der Waals surface area contributed by atoms with E-state index < -0.39 is 0 Å². The van der Waals surface area contributed by atoms with Crippen LogP contribution in [0.3, 0.4) is 0 Å². The van der Waals surface area contributed by atoms with E-state index in [1.54, 1.807) is 6.07 Å². The molecule has 94 valence electrons. The maximum absolute atomic E-state index is 13.3. The lowest BCUT2D eigenvalue weighted by Gasteiger charge is -2.20. The third kappa shape index (κ3) is 2.89. The van der Waals surface area contributed by atoms with Crippen LogP contribution in [-0.4, -0.2) is 6.04 Å². The fraction of sp³-hybridized carbons (Fsp3) is 0.571. The van der Waals surface area contributed by atoms with Gasteiger partial charge in [0.15, 0.2) is 0 Å². The van der Waals surface area contributed by atoms with Gasteiger partial charge < -0.3 is 5.32 Å². The summed E-state index contributed by atoms with van der Waals surface area (Å²) in [5.74, 6) is 1.32. The van der Waals surface area contributed by atoms with Crippen LogP contribution in [0, 0.1) is 17.7 Å². The van der Waals surface area contributed by atoms with Gasteiger partial charge in [-0.15, -0.1) is 0 Å². The van der Waals surface area contributed by atoms with E-state index in [4.69, 9.17) is 0 Å². The molecule has 17 heavy (non-hydrogen) atoms. The molecule has 1 aromatic rings. The minimum atomic E-state index is -0.183. The minimum absolute atomic E-state index is 0.183. The molecule has 0 heterocycles. The van der Waals surface area contributed by atoms with Gasteiger partial charge in [0.05, 0.1) is 4.47 Å². The summed E-state index contributed by atoms with van der Waals surface area (Å²) in [6.45, 7) is 5.35. The number of benzene rings is 1. The molecule has 1 saturated carbocycles. The van der Waals surface area contributed by atoms with Crippen molar-refractivity contribution in [1.29, 1.82) is 0 Å². The molecule has 1 fully saturated rings. The summed E-state index contributed by atoms with van der Waals surface area (Å²) in [5.41, 5.74) is 0.997. The van der Waals surface area contributed by atoms with Gasteiger partial charge in [-0.25, -0.2) is 4.39 Å². The van der Waals surface area contributed by atoms with E-state index in [-0.39, 0.29) is 5.82 Å². The predicted octanol–water partition coefficient (Wildman–Crippen LogP) is 4.11. The first-order valence-corrected chi connectivity index (χ1v) is 7.05. The van der Waals surface area contributed by atoms with Gasteiger partial charge in [-0.05, 0) is 52.2 Å². The molecule has 1 aliphatic rings. The first kappa shape index (κ1) is 13.0. The zero-order valence-corrected chi connectivity index (χ0v) is 11.9. The van der Waals surface area contributed by atoms with Crippen molar-refractivity contribution in [3.8, 4) is 0 Å². The SMILES string of the molecule is CC1CCC(NCc2cccc(F)c2Br)C1C. The van der Waals surface area contributed by atoms with Crippen LogP contribution < -0.4 is 5.32 Å². The second-order valence-corrected chi connectivity index (χ2v) is 5.91. The Balaban J connectivity index is 1.96. The van der Waals surface area contributed by atoms with Crippen LogP contribution in [0.5, 0.6) is 0 Å². The van der Waals surface area contributed by atoms with Crippen molar-refractivity contribution in [3.63, 3.8) is 0 Å². The zero-order valence-electron chi connectivity index (χ0n) is 10.3. The molecule has 1 N–H and O–H groups in total. The first-order valence-electron chi connectivity index (χ1n) is 6.26. The minimum Gasteiger partial charge on any atom is -0.310 e. The summed E-state index contributed by atoms with van der Waals surface area (Å²) in [6.07, 6.45) is 2.53. The van der Waals surface area contributed by atoms with Crippen LogP contribution in [-0.2, 0) is 6.54 Å². The lowest BCUT2D eigenvalue weighted by molar-refractivity contribution is 0.369. The summed E-state index contributed by atoms with van der Waals surface area (Å²) in [6, 6.07) is 5.77. The van der Waals surface area contributed by atoms with Crippen LogP contribution in [0.4, 0.5) is 4.39 Å². The largest absolute Gasteiger partial charge is 0.310 e. The molecule has 0 spiro atoms. The molecule has 0 bridgehead atoms. The second-order valence-electron chi connectivity index (χ2n) is 5.11. The molecule has 1 aliphatic carbocycles. The van der Waals surface area contributed by atoms with Gasteiger partial charge in [-0.3, -0.25) is 0 Å². The Kier molecular flexibility index (Phi) is 4.21. The molecule has 1 aromatic carbocycles. The summed E-state index contributed by atoms with van der Waals surface area (Å²) in [4.78, 5) is 0. The second kappa shape index (κ2) is 5.49. The van der Waals surface area contributed by atoms with Crippen molar-refractivity contribution in [2.24, 2.45) is 11.8 Å². The average molecular weight is 300 g/mol. The molecule has 3 atom stereocenters. The highest BCUT2D eigenvalue weighted by Gasteiger charge is 2.29. The molecule has 2 rings (SSSR count). The van der Waals surface area contributed by atoms with E-state index in [0.29, 0.717) is 16.4 Å². The van der Waals surface area contributed by atoms with Crippen molar-refractivity contribution in [2.75, 3.05) is 0 Å². The van der Waals surface area contributed by atoms with Crippen LogP contribution >= 0.6 is 15.9 Å². The quantitative estimate of drug-likeness (QED) is 0.885. The third-order valence-electron chi connectivity index (χ3n) is 4.05. The van der Waals surface area contributed by atoms with Crippen molar-refractivity contribution >= 4 is 15.9 Å². The van der Waals surface area contributed by atoms with Crippen LogP contribution in [0.25, 0.3) is 0 Å². The number of hydrogen-bond donors (Lipinski definition) is 1. The average Bonchev–Trinajstić information content (AvgIpc) is 2.62. The van der Waals surface area contributed by atoms with Gasteiger partial charge in [0.25, 0.3) is 0 Å². The molecule has 0 radical (unpaired) electrons.